The van der Waals surface area contributed by atoms with Crippen molar-refractivity contribution in [1.29, 1.82) is 0 Å². The van der Waals surface area contributed by atoms with Crippen LogP contribution in [0, 0.1) is 5.92 Å². The third-order valence-electron chi connectivity index (χ3n) is 5.16. The van der Waals surface area contributed by atoms with Crippen molar-refractivity contribution in [3.05, 3.63) is 22.4 Å². The fraction of sp³-hybridized carbons (Fsp3) is 0.773. The number of aliphatic hydroxyl groups is 1. The molecule has 0 bridgehead atoms. The van der Waals surface area contributed by atoms with E-state index in [9.17, 15) is 18.3 Å². The molecule has 0 fully saturated rings. The third-order valence-corrected chi connectivity index (χ3v) is 7.93. The number of carbonyl (C=O) groups excluding carboxylic acids is 1. The molecule has 0 radical (unpaired) electrons. The highest BCUT2D eigenvalue weighted by molar-refractivity contribution is 7.89. The Labute approximate surface area is 192 Å². The molecule has 1 aromatic rings. The molecule has 0 saturated carbocycles. The van der Waals surface area contributed by atoms with Gasteiger partial charge in [-0.2, -0.15) is 0 Å². The zero-order chi connectivity index (χ0) is 23.4. The molecule has 31 heavy (non-hydrogen) atoms. The van der Waals surface area contributed by atoms with Gasteiger partial charge in [-0.15, -0.1) is 11.3 Å². The minimum atomic E-state index is -3.49. The molecule has 180 valence electrons. The SMILES string of the molecule is CCCN(CCC)S(=O)(=O)CCC(=O)N(CCC(C)C)C[C@@H](O)[C@@H](N)Cc1cccs1. The lowest BCUT2D eigenvalue weighted by atomic mass is 10.1. The molecule has 0 spiro atoms. The van der Waals surface area contributed by atoms with Gasteiger partial charge in [-0.3, -0.25) is 4.79 Å². The molecular weight excluding hydrogens is 434 g/mol. The monoisotopic (exact) mass is 475 g/mol. The van der Waals surface area contributed by atoms with E-state index in [4.69, 9.17) is 5.73 Å². The number of rotatable bonds is 16. The minimum absolute atomic E-state index is 0.0861. The molecule has 1 amide bonds. The molecule has 0 saturated heterocycles. The van der Waals surface area contributed by atoms with Gasteiger partial charge in [-0.1, -0.05) is 33.8 Å². The van der Waals surface area contributed by atoms with Crippen LogP contribution in [-0.2, 0) is 21.2 Å². The lowest BCUT2D eigenvalue weighted by Crippen LogP contribution is -2.47. The normalized spacial score (nSPS) is 14.2. The van der Waals surface area contributed by atoms with Gasteiger partial charge in [-0.05, 0) is 43.0 Å². The van der Waals surface area contributed by atoms with Crippen LogP contribution in [-0.4, -0.2) is 72.7 Å². The predicted octanol–water partition coefficient (Wildman–Crippen LogP) is 2.70. The summed E-state index contributed by atoms with van der Waals surface area (Å²) < 4.78 is 26.9. The Bertz CT molecular complexity index is 717. The van der Waals surface area contributed by atoms with Gasteiger partial charge in [0.2, 0.25) is 15.9 Å². The van der Waals surface area contributed by atoms with E-state index in [0.717, 1.165) is 24.1 Å². The van der Waals surface area contributed by atoms with E-state index in [1.807, 2.05) is 31.4 Å². The largest absolute Gasteiger partial charge is 0.390 e. The van der Waals surface area contributed by atoms with Gasteiger partial charge >= 0.3 is 0 Å². The molecule has 0 aromatic carbocycles. The van der Waals surface area contributed by atoms with Crippen LogP contribution in [0.4, 0.5) is 0 Å². The van der Waals surface area contributed by atoms with Gasteiger partial charge in [0, 0.05) is 43.5 Å². The Hall–Kier alpha value is -1.00. The molecule has 0 aliphatic heterocycles. The summed E-state index contributed by atoms with van der Waals surface area (Å²) in [4.78, 5) is 15.6. The van der Waals surface area contributed by atoms with Crippen molar-refractivity contribution in [2.75, 3.05) is 31.9 Å². The predicted molar refractivity (Wildman–Crippen MR) is 129 cm³/mol. The summed E-state index contributed by atoms with van der Waals surface area (Å²) in [5, 5.41) is 12.6. The number of aliphatic hydroxyl groups excluding tert-OH is 1. The first kappa shape index (κ1) is 28.0. The van der Waals surface area contributed by atoms with Crippen LogP contribution in [0.5, 0.6) is 0 Å². The van der Waals surface area contributed by atoms with Gasteiger partial charge in [0.15, 0.2) is 0 Å². The maximum Gasteiger partial charge on any atom is 0.223 e. The number of thiophene rings is 1. The summed E-state index contributed by atoms with van der Waals surface area (Å²) in [6.45, 7) is 9.56. The highest BCUT2D eigenvalue weighted by Gasteiger charge is 2.26. The van der Waals surface area contributed by atoms with Gasteiger partial charge < -0.3 is 15.7 Å². The first-order chi connectivity index (χ1) is 14.6. The number of hydrogen-bond acceptors (Lipinski definition) is 6. The van der Waals surface area contributed by atoms with E-state index in [-0.39, 0.29) is 24.6 Å². The Morgan fingerprint density at radius 2 is 1.84 bits per heavy atom. The maximum absolute atomic E-state index is 12.9. The van der Waals surface area contributed by atoms with E-state index in [2.05, 4.69) is 13.8 Å². The van der Waals surface area contributed by atoms with E-state index in [1.165, 1.54) is 4.31 Å². The van der Waals surface area contributed by atoms with Crippen LogP contribution in [0.25, 0.3) is 0 Å². The number of carbonyl (C=O) groups is 1. The number of amides is 1. The minimum Gasteiger partial charge on any atom is -0.390 e. The molecule has 1 rings (SSSR count). The van der Waals surface area contributed by atoms with Crippen molar-refractivity contribution in [3.63, 3.8) is 0 Å². The van der Waals surface area contributed by atoms with Crippen molar-refractivity contribution in [3.8, 4) is 0 Å². The standard InChI is InChI=1S/C22H41N3O4S2/c1-5-11-25(12-6-2)31(28,29)15-10-22(27)24(13-9-18(3)4)17-21(26)20(23)16-19-8-7-14-30-19/h7-8,14,18,20-21,26H,5-6,9-13,15-17,23H2,1-4H3/t20-,21+/m0/s1. The quantitative estimate of drug-likeness (QED) is 0.383. The summed E-state index contributed by atoms with van der Waals surface area (Å²) in [5.41, 5.74) is 6.18. The third kappa shape index (κ3) is 10.4. The van der Waals surface area contributed by atoms with Crippen LogP contribution in [0.1, 0.15) is 58.3 Å². The van der Waals surface area contributed by atoms with E-state index in [1.54, 1.807) is 16.2 Å². The van der Waals surface area contributed by atoms with Crippen LogP contribution in [0.15, 0.2) is 17.5 Å². The Morgan fingerprint density at radius 3 is 2.35 bits per heavy atom. The summed E-state index contributed by atoms with van der Waals surface area (Å²) >= 11 is 1.59. The smallest absolute Gasteiger partial charge is 0.223 e. The molecule has 9 heteroatoms. The van der Waals surface area contributed by atoms with Gasteiger partial charge in [0.1, 0.15) is 0 Å². The second-order valence-electron chi connectivity index (χ2n) is 8.50. The molecule has 1 aromatic heterocycles. The molecule has 0 aliphatic rings. The van der Waals surface area contributed by atoms with E-state index in [0.29, 0.717) is 32.0 Å². The average Bonchev–Trinajstić information content (AvgIpc) is 3.21. The van der Waals surface area contributed by atoms with Gasteiger partial charge in [0.25, 0.3) is 0 Å². The molecule has 0 unspecified atom stereocenters. The highest BCUT2D eigenvalue weighted by Crippen LogP contribution is 2.14. The Kier molecular flexibility index (Phi) is 12.9. The maximum atomic E-state index is 12.9. The first-order valence-electron chi connectivity index (χ1n) is 11.3. The Balaban J connectivity index is 2.75. The molecular formula is C22H41N3O4S2. The fourth-order valence-electron chi connectivity index (χ4n) is 3.28. The van der Waals surface area contributed by atoms with E-state index >= 15 is 0 Å². The van der Waals surface area contributed by atoms with Crippen LogP contribution in [0.2, 0.25) is 0 Å². The van der Waals surface area contributed by atoms with Gasteiger partial charge in [0.05, 0.1) is 11.9 Å². The van der Waals surface area contributed by atoms with Crippen molar-refractivity contribution >= 4 is 27.3 Å². The number of nitrogens with two attached hydrogens (primary N) is 1. The van der Waals surface area contributed by atoms with Crippen molar-refractivity contribution in [1.82, 2.24) is 9.21 Å². The highest BCUT2D eigenvalue weighted by atomic mass is 32.2. The van der Waals surface area contributed by atoms with Crippen LogP contribution in [0.3, 0.4) is 0 Å². The van der Waals surface area contributed by atoms with Gasteiger partial charge in [-0.25, -0.2) is 12.7 Å². The fourth-order valence-corrected chi connectivity index (χ4v) is 5.67. The molecule has 1 heterocycles. The second kappa shape index (κ2) is 14.2. The Morgan fingerprint density at radius 1 is 1.19 bits per heavy atom. The summed E-state index contributed by atoms with van der Waals surface area (Å²) in [6, 6.07) is 3.43. The molecule has 3 N–H and O–H groups in total. The van der Waals surface area contributed by atoms with Crippen LogP contribution >= 0.6 is 11.3 Å². The number of nitrogens with zero attached hydrogens (tertiary/aromatic N) is 2. The summed E-state index contributed by atoms with van der Waals surface area (Å²) in [6.07, 6.45) is 1.85. The number of sulfonamides is 1. The van der Waals surface area contributed by atoms with E-state index < -0.39 is 22.2 Å². The first-order valence-corrected chi connectivity index (χ1v) is 13.8. The second-order valence-corrected chi connectivity index (χ2v) is 11.6. The lowest BCUT2D eigenvalue weighted by molar-refractivity contribution is -0.132. The zero-order valence-corrected chi connectivity index (χ0v) is 21.1. The summed E-state index contributed by atoms with van der Waals surface area (Å²) in [5.74, 6) is -0.0680. The van der Waals surface area contributed by atoms with Crippen molar-refractivity contribution in [2.24, 2.45) is 11.7 Å². The topological polar surface area (TPSA) is 104 Å². The zero-order valence-electron chi connectivity index (χ0n) is 19.5. The van der Waals surface area contributed by atoms with Crippen molar-refractivity contribution in [2.45, 2.75) is 71.9 Å². The molecule has 0 aliphatic carbocycles. The van der Waals surface area contributed by atoms with Crippen molar-refractivity contribution < 1.29 is 18.3 Å². The average molecular weight is 476 g/mol. The lowest BCUT2D eigenvalue weighted by Gasteiger charge is -2.29. The molecule has 7 nitrogen and oxygen atoms in total. The van der Waals surface area contributed by atoms with Crippen LogP contribution < -0.4 is 5.73 Å². The molecule has 2 atom stereocenters. The number of hydrogen-bond donors (Lipinski definition) is 2. The summed E-state index contributed by atoms with van der Waals surface area (Å²) in [7, 11) is -3.49.